The topological polar surface area (TPSA) is 26.3 Å². The van der Waals surface area contributed by atoms with Crippen LogP contribution in [0.5, 0.6) is 0 Å². The molecule has 0 saturated heterocycles. The molecule has 0 aliphatic rings. The molecule has 6 heavy (non-hydrogen) atoms. The second kappa shape index (κ2) is 2.98. The molecule has 36 valence electrons. The Morgan fingerprint density at radius 3 is 2.50 bits per heavy atom. The predicted octanol–water partition coefficient (Wildman–Crippen LogP) is 0.596. The van der Waals surface area contributed by atoms with Crippen LogP contribution in [0.15, 0.2) is 0 Å². The molecule has 1 unspecified atom stereocenters. The summed E-state index contributed by atoms with van der Waals surface area (Å²) in [5.74, 6) is 0. The Kier molecular flexibility index (Phi) is 2.87. The Hall–Kier alpha value is -0.230. The fourth-order valence-electron chi connectivity index (χ4n) is 0.0833. The number of hydrogen-bond acceptors (Lipinski definition) is 2. The molecule has 0 aromatic rings. The maximum atomic E-state index is 9.93. The molecule has 0 radical (unpaired) electrons. The smallest absolute Gasteiger partial charge is 0.318 e. The molecule has 0 aliphatic heterocycles. The molecule has 2 nitrogen and oxygen atoms in total. The van der Waals surface area contributed by atoms with Gasteiger partial charge in [0.1, 0.15) is 0 Å². The summed E-state index contributed by atoms with van der Waals surface area (Å²) in [5, 5.41) is 0. The van der Waals surface area contributed by atoms with Crippen molar-refractivity contribution in [1.82, 2.24) is 0 Å². The lowest BCUT2D eigenvalue weighted by molar-refractivity contribution is 0.200. The summed E-state index contributed by atoms with van der Waals surface area (Å²) in [6.07, 6.45) is 3.37. The molecule has 3 heteroatoms. The van der Waals surface area contributed by atoms with Gasteiger partial charge >= 0.3 is 5.71 Å². The lowest BCUT2D eigenvalue weighted by atomic mass is 11.5. The first-order valence-corrected chi connectivity index (χ1v) is 2.91. The van der Waals surface area contributed by atoms with E-state index in [1.54, 1.807) is 0 Å². The first-order chi connectivity index (χ1) is 2.81. The normalized spacial score (nSPS) is 9.50. The second-order valence-corrected chi connectivity index (χ2v) is 1.61. The van der Waals surface area contributed by atoms with E-state index < -0.39 is 0 Å². The van der Waals surface area contributed by atoms with Gasteiger partial charge in [0, 0.05) is 0 Å². The number of methoxy groups -OCH3 is 1. The minimum Gasteiger partial charge on any atom is -0.466 e. The van der Waals surface area contributed by atoms with E-state index in [9.17, 15) is 4.79 Å². The summed E-state index contributed by atoms with van der Waals surface area (Å²) in [4.78, 5) is 9.93. The molecule has 1 atom stereocenters. The van der Waals surface area contributed by atoms with E-state index in [4.69, 9.17) is 0 Å². The number of carbonyl (C=O) groups is 1. The summed E-state index contributed by atoms with van der Waals surface area (Å²) in [5.41, 5.74) is -0.185. The van der Waals surface area contributed by atoms with Gasteiger partial charge in [-0.1, -0.05) is 6.30 Å². The molecule has 0 aromatic carbocycles. The van der Waals surface area contributed by atoms with Gasteiger partial charge in [-0.15, -0.1) is 0 Å². The molecule has 0 rings (SSSR count). The van der Waals surface area contributed by atoms with Crippen molar-refractivity contribution in [3.63, 3.8) is 0 Å². The van der Waals surface area contributed by atoms with Gasteiger partial charge in [0.05, 0.1) is 7.11 Å². The van der Waals surface area contributed by atoms with Crippen LogP contribution in [0.1, 0.15) is 0 Å². The number of ether oxygens (including phenoxy) is 1. The predicted molar refractivity (Wildman–Crippen MR) is 29.2 cm³/mol. The van der Waals surface area contributed by atoms with E-state index in [0.29, 0.717) is 0 Å². The summed E-state index contributed by atoms with van der Waals surface area (Å²) < 4.78 is 4.23. The van der Waals surface area contributed by atoms with Crippen LogP contribution in [0.2, 0.25) is 0 Å². The van der Waals surface area contributed by atoms with Crippen LogP contribution < -0.4 is 0 Å². The largest absolute Gasteiger partial charge is 0.466 e. The van der Waals surface area contributed by atoms with E-state index >= 15 is 0 Å². The molecular formula is C3H7O2P. The van der Waals surface area contributed by atoms with Crippen LogP contribution in [-0.2, 0) is 4.74 Å². The second-order valence-electron chi connectivity index (χ2n) is 0.727. The van der Waals surface area contributed by atoms with Gasteiger partial charge in [-0.2, -0.15) is 0 Å². The molecular weight excluding hydrogens is 99.0 g/mol. The van der Waals surface area contributed by atoms with E-state index in [1.165, 1.54) is 7.11 Å². The van der Waals surface area contributed by atoms with Crippen LogP contribution in [-0.4, -0.2) is 19.1 Å². The lowest BCUT2D eigenvalue weighted by Crippen LogP contribution is -1.81. The molecule has 0 bridgehead atoms. The van der Waals surface area contributed by atoms with E-state index in [1.807, 2.05) is 0 Å². The Bertz CT molecular complexity index is 69.2. The average molecular weight is 106 g/mol. The molecule has 0 N–H and O–H groups in total. The molecule has 0 saturated carbocycles. The van der Waals surface area contributed by atoms with Crippen molar-refractivity contribution in [2.24, 2.45) is 0 Å². The Morgan fingerprint density at radius 2 is 2.50 bits per heavy atom. The van der Waals surface area contributed by atoms with E-state index in [2.05, 4.69) is 11.0 Å². The zero-order chi connectivity index (χ0) is 4.99. The highest BCUT2D eigenvalue weighted by atomic mass is 31.1. The minimum absolute atomic E-state index is 0.185. The molecule has 0 heterocycles. The third-order valence-electron chi connectivity index (χ3n) is 0.368. The van der Waals surface area contributed by atoms with Gasteiger partial charge in [0.2, 0.25) is 0 Å². The van der Waals surface area contributed by atoms with Crippen molar-refractivity contribution in [3.05, 3.63) is 0 Å². The number of rotatable bonds is 1. The Morgan fingerprint density at radius 1 is 2.00 bits per heavy atom. The van der Waals surface area contributed by atoms with Gasteiger partial charge < -0.3 is 4.74 Å². The molecule has 0 fully saturated rings. The SMILES string of the molecule is C=[PH2]C(=O)OC. The Balaban J connectivity index is 3.23. The van der Waals surface area contributed by atoms with Crippen LogP contribution in [0.4, 0.5) is 4.79 Å². The van der Waals surface area contributed by atoms with Crippen molar-refractivity contribution in [2.45, 2.75) is 0 Å². The fraction of sp³-hybridized carbons (Fsp3) is 0.333. The van der Waals surface area contributed by atoms with Crippen LogP contribution in [0, 0.1) is 0 Å². The monoisotopic (exact) mass is 106 g/mol. The van der Waals surface area contributed by atoms with Gasteiger partial charge in [-0.05, 0) is 8.20 Å². The zero-order valence-corrected chi connectivity index (χ0v) is 4.76. The van der Waals surface area contributed by atoms with Crippen LogP contribution >= 0.6 is 8.20 Å². The summed E-state index contributed by atoms with van der Waals surface area (Å²) >= 11 is 0. The zero-order valence-electron chi connectivity index (χ0n) is 3.60. The first kappa shape index (κ1) is 5.77. The van der Waals surface area contributed by atoms with Crippen molar-refractivity contribution in [3.8, 4) is 0 Å². The van der Waals surface area contributed by atoms with Gasteiger partial charge in [-0.25, -0.2) is 4.79 Å². The van der Waals surface area contributed by atoms with Crippen LogP contribution in [0.25, 0.3) is 0 Å². The maximum absolute atomic E-state index is 9.93. The highest BCUT2D eigenvalue weighted by molar-refractivity contribution is 7.55. The summed E-state index contributed by atoms with van der Waals surface area (Å²) in [7, 11) is 0.985. The minimum atomic E-state index is -0.376. The molecule has 0 spiro atoms. The van der Waals surface area contributed by atoms with Crippen LogP contribution in [0.3, 0.4) is 0 Å². The lowest BCUT2D eigenvalue weighted by Gasteiger charge is -1.83. The average Bonchev–Trinajstić information content (AvgIpc) is 1.65. The third kappa shape index (κ3) is 2.04. The van der Waals surface area contributed by atoms with Crippen molar-refractivity contribution >= 4 is 20.2 Å². The van der Waals surface area contributed by atoms with Crippen molar-refractivity contribution in [2.75, 3.05) is 7.11 Å². The highest BCUT2D eigenvalue weighted by Crippen LogP contribution is 1.93. The number of carbonyl (C=O) groups excluding carboxylic acids is 1. The number of hydrogen-bond donors (Lipinski definition) is 0. The Labute approximate surface area is 37.9 Å². The molecule has 0 aliphatic carbocycles. The quantitative estimate of drug-likeness (QED) is 0.457. The van der Waals surface area contributed by atoms with Gasteiger partial charge in [-0.3, -0.25) is 0 Å². The fourth-order valence-corrected chi connectivity index (χ4v) is 0.250. The highest BCUT2D eigenvalue weighted by Gasteiger charge is 1.80. The van der Waals surface area contributed by atoms with Crippen molar-refractivity contribution < 1.29 is 9.53 Å². The van der Waals surface area contributed by atoms with Gasteiger partial charge in [0.25, 0.3) is 0 Å². The van der Waals surface area contributed by atoms with E-state index in [0.717, 1.165) is 0 Å². The van der Waals surface area contributed by atoms with Crippen molar-refractivity contribution in [1.29, 1.82) is 0 Å². The van der Waals surface area contributed by atoms with Gasteiger partial charge in [0.15, 0.2) is 0 Å². The van der Waals surface area contributed by atoms with E-state index in [-0.39, 0.29) is 13.9 Å². The molecule has 0 amide bonds. The summed E-state index contributed by atoms with van der Waals surface area (Å²) in [6.45, 7) is 0. The maximum Gasteiger partial charge on any atom is 0.318 e. The standard InChI is InChI=1S/C3H7O2P/c1-5-3(4)6-2/h2,6H2,1H3. The third-order valence-corrected chi connectivity index (χ3v) is 0.937. The first-order valence-electron chi connectivity index (χ1n) is 1.51. The summed E-state index contributed by atoms with van der Waals surface area (Å²) in [6, 6.07) is 0. The molecule has 0 aromatic heterocycles.